The summed E-state index contributed by atoms with van der Waals surface area (Å²) in [7, 11) is 0. The second-order valence-corrected chi connectivity index (χ2v) is 8.46. The minimum Gasteiger partial charge on any atom is -0.378 e. The lowest BCUT2D eigenvalue weighted by atomic mass is 10.1. The van der Waals surface area contributed by atoms with Crippen molar-refractivity contribution in [2.45, 2.75) is 32.4 Å². The molecule has 0 spiro atoms. The second-order valence-electron chi connectivity index (χ2n) is 7.64. The molecule has 1 fully saturated rings. The minimum atomic E-state index is -0.243. The molecule has 0 saturated carbocycles. The lowest BCUT2D eigenvalue weighted by Gasteiger charge is -2.26. The lowest BCUT2D eigenvalue weighted by molar-refractivity contribution is 0.0918. The summed E-state index contributed by atoms with van der Waals surface area (Å²) in [6.07, 6.45) is 5.52. The summed E-state index contributed by atoms with van der Waals surface area (Å²) in [5.41, 5.74) is 1.52. The lowest BCUT2D eigenvalue weighted by Crippen LogP contribution is -2.32. The molecule has 0 radical (unpaired) electrons. The van der Waals surface area contributed by atoms with Crippen LogP contribution in [0, 0.1) is 0 Å². The third kappa shape index (κ3) is 5.77. The third-order valence-electron chi connectivity index (χ3n) is 5.40. The number of halogens is 2. The number of nitrogens with one attached hydrogen (secondary N) is 2. The summed E-state index contributed by atoms with van der Waals surface area (Å²) in [4.78, 5) is 26.5. The fraction of sp³-hybridized carbons (Fsp3) is 0.476. The van der Waals surface area contributed by atoms with Crippen LogP contribution in [0.15, 0.2) is 29.3 Å². The van der Waals surface area contributed by atoms with E-state index in [0.29, 0.717) is 53.5 Å². The van der Waals surface area contributed by atoms with Gasteiger partial charge in [0, 0.05) is 19.6 Å². The predicted molar refractivity (Wildman–Crippen MR) is 123 cm³/mol. The van der Waals surface area contributed by atoms with Gasteiger partial charge in [0.2, 0.25) is 5.95 Å². The van der Waals surface area contributed by atoms with Gasteiger partial charge in [-0.1, -0.05) is 35.7 Å². The van der Waals surface area contributed by atoms with Gasteiger partial charge in [-0.25, -0.2) is 4.98 Å². The second kappa shape index (κ2) is 10.5. The van der Waals surface area contributed by atoms with Gasteiger partial charge in [-0.15, -0.1) is 0 Å². The molecule has 2 aromatic heterocycles. The van der Waals surface area contributed by atoms with Crippen molar-refractivity contribution >= 4 is 40.3 Å². The molecule has 0 aliphatic carbocycles. The van der Waals surface area contributed by atoms with Crippen LogP contribution in [0.4, 0.5) is 5.95 Å². The maximum Gasteiger partial charge on any atom is 0.278 e. The van der Waals surface area contributed by atoms with Crippen LogP contribution in [0.5, 0.6) is 0 Å². The molecule has 1 aliphatic rings. The average molecular weight is 465 g/mol. The van der Waals surface area contributed by atoms with E-state index in [1.807, 2.05) is 6.07 Å². The Balaban J connectivity index is 1.31. The predicted octanol–water partition coefficient (Wildman–Crippen LogP) is 3.54. The molecule has 0 amide bonds. The molecule has 1 aliphatic heterocycles. The third-order valence-corrected chi connectivity index (χ3v) is 6.14. The quantitative estimate of drug-likeness (QED) is 0.470. The van der Waals surface area contributed by atoms with Crippen LogP contribution in [-0.4, -0.2) is 57.3 Å². The number of imidazole rings is 1. The Labute approximate surface area is 190 Å². The topological polar surface area (TPSA) is 88.1 Å². The SMILES string of the molecule is O=c1[nH]c(NCc2ccc(Cl)c(Cl)c2)nc2ncn(CCOCCN3CCCCC3)c12. The molecule has 166 valence electrons. The van der Waals surface area contributed by atoms with Crippen LogP contribution in [0.3, 0.4) is 0 Å². The van der Waals surface area contributed by atoms with E-state index < -0.39 is 0 Å². The maximum atomic E-state index is 12.6. The highest BCUT2D eigenvalue weighted by molar-refractivity contribution is 6.42. The summed E-state index contributed by atoms with van der Waals surface area (Å²) in [6, 6.07) is 5.36. The Kier molecular flexibility index (Phi) is 7.45. The molecule has 2 N–H and O–H groups in total. The number of nitrogens with zero attached hydrogens (tertiary/aromatic N) is 4. The Morgan fingerprint density at radius 3 is 2.71 bits per heavy atom. The van der Waals surface area contributed by atoms with Gasteiger partial charge in [-0.2, -0.15) is 4.98 Å². The van der Waals surface area contributed by atoms with Crippen LogP contribution in [-0.2, 0) is 17.8 Å². The number of hydrogen-bond donors (Lipinski definition) is 2. The first kappa shape index (κ1) is 22.1. The Bertz CT molecular complexity index is 1080. The normalized spacial score (nSPS) is 14.9. The summed E-state index contributed by atoms with van der Waals surface area (Å²) in [6.45, 7) is 5.50. The average Bonchev–Trinajstić information content (AvgIpc) is 3.18. The minimum absolute atomic E-state index is 0.243. The number of fused-ring (bicyclic) bond motifs is 1. The first-order chi connectivity index (χ1) is 15.1. The zero-order valence-corrected chi connectivity index (χ0v) is 18.8. The van der Waals surface area contributed by atoms with E-state index in [-0.39, 0.29) is 5.56 Å². The number of aromatic amines is 1. The van der Waals surface area contributed by atoms with Gasteiger partial charge in [-0.05, 0) is 43.6 Å². The summed E-state index contributed by atoms with van der Waals surface area (Å²) in [5, 5.41) is 4.07. The number of H-pyrrole nitrogens is 1. The van der Waals surface area contributed by atoms with Crippen LogP contribution >= 0.6 is 23.2 Å². The molecule has 1 aromatic carbocycles. The first-order valence-electron chi connectivity index (χ1n) is 10.5. The van der Waals surface area contributed by atoms with E-state index in [9.17, 15) is 4.79 Å². The number of rotatable bonds is 9. The molecule has 3 aromatic rings. The maximum absolute atomic E-state index is 12.6. The molecule has 31 heavy (non-hydrogen) atoms. The van der Waals surface area contributed by atoms with Crippen molar-refractivity contribution in [1.29, 1.82) is 0 Å². The molecular weight excluding hydrogens is 439 g/mol. The number of benzene rings is 1. The molecule has 0 bridgehead atoms. The number of anilines is 1. The highest BCUT2D eigenvalue weighted by Gasteiger charge is 2.12. The van der Waals surface area contributed by atoms with E-state index in [2.05, 4.69) is 25.2 Å². The van der Waals surface area contributed by atoms with Crippen molar-refractivity contribution < 1.29 is 4.74 Å². The molecular formula is C21H26Cl2N6O2. The molecule has 1 saturated heterocycles. The highest BCUT2D eigenvalue weighted by atomic mass is 35.5. The largest absolute Gasteiger partial charge is 0.378 e. The molecule has 10 heteroatoms. The number of likely N-dealkylation sites (tertiary alicyclic amines) is 1. The number of piperidine rings is 1. The fourth-order valence-corrected chi connectivity index (χ4v) is 4.04. The van der Waals surface area contributed by atoms with Crippen LogP contribution in [0.2, 0.25) is 10.0 Å². The van der Waals surface area contributed by atoms with Gasteiger partial charge in [0.15, 0.2) is 11.2 Å². The zero-order valence-electron chi connectivity index (χ0n) is 17.2. The molecule has 3 heterocycles. The van der Waals surface area contributed by atoms with Crippen LogP contribution in [0.25, 0.3) is 11.2 Å². The van der Waals surface area contributed by atoms with Gasteiger partial charge in [0.1, 0.15) is 0 Å². The van der Waals surface area contributed by atoms with Gasteiger partial charge in [-0.3, -0.25) is 9.78 Å². The highest BCUT2D eigenvalue weighted by Crippen LogP contribution is 2.22. The zero-order chi connectivity index (χ0) is 21.6. The van der Waals surface area contributed by atoms with Crippen molar-refractivity contribution in [3.8, 4) is 0 Å². The number of ether oxygens (including phenoxy) is 1. The van der Waals surface area contributed by atoms with Crippen molar-refractivity contribution in [2.24, 2.45) is 0 Å². The van der Waals surface area contributed by atoms with E-state index >= 15 is 0 Å². The van der Waals surface area contributed by atoms with Crippen molar-refractivity contribution in [3.63, 3.8) is 0 Å². The molecule has 8 nitrogen and oxygen atoms in total. The van der Waals surface area contributed by atoms with Crippen molar-refractivity contribution in [3.05, 3.63) is 50.5 Å². The van der Waals surface area contributed by atoms with E-state index in [1.165, 1.54) is 19.3 Å². The number of hydrogen-bond acceptors (Lipinski definition) is 6. The van der Waals surface area contributed by atoms with Crippen LogP contribution < -0.4 is 10.9 Å². The smallest absolute Gasteiger partial charge is 0.278 e. The van der Waals surface area contributed by atoms with Gasteiger partial charge >= 0.3 is 0 Å². The first-order valence-corrected chi connectivity index (χ1v) is 11.3. The van der Waals surface area contributed by atoms with Gasteiger partial charge < -0.3 is 19.5 Å². The molecule has 0 unspecified atom stereocenters. The summed E-state index contributed by atoms with van der Waals surface area (Å²) in [5.74, 6) is 0.353. The Morgan fingerprint density at radius 1 is 1.10 bits per heavy atom. The fourth-order valence-electron chi connectivity index (χ4n) is 3.72. The summed E-state index contributed by atoms with van der Waals surface area (Å²) >= 11 is 12.0. The Morgan fingerprint density at radius 2 is 1.90 bits per heavy atom. The standard InChI is InChI=1S/C21H26Cl2N6O2/c22-16-5-4-15(12-17(16)23)13-24-21-26-19-18(20(30)27-21)29(14-25-19)9-11-31-10-8-28-6-2-1-3-7-28/h4-5,12,14H,1-3,6-11,13H2,(H2,24,26,27,30). The van der Waals surface area contributed by atoms with Crippen molar-refractivity contribution in [1.82, 2.24) is 24.4 Å². The van der Waals surface area contributed by atoms with Crippen LogP contribution in [0.1, 0.15) is 24.8 Å². The van der Waals surface area contributed by atoms with Crippen molar-refractivity contribution in [2.75, 3.05) is 38.2 Å². The monoisotopic (exact) mass is 464 g/mol. The van der Waals surface area contributed by atoms with Gasteiger partial charge in [0.05, 0.1) is 29.6 Å². The van der Waals surface area contributed by atoms with E-state index in [1.54, 1.807) is 23.0 Å². The number of aromatic nitrogens is 4. The van der Waals surface area contributed by atoms with Gasteiger partial charge in [0.25, 0.3) is 5.56 Å². The molecule has 4 rings (SSSR count). The van der Waals surface area contributed by atoms with E-state index in [0.717, 1.165) is 25.2 Å². The Hall–Kier alpha value is -2.13. The molecule has 0 atom stereocenters. The summed E-state index contributed by atoms with van der Waals surface area (Å²) < 4.78 is 7.55. The van der Waals surface area contributed by atoms with E-state index in [4.69, 9.17) is 27.9 Å².